The normalized spacial score (nSPS) is 14.3. The Kier molecular flexibility index (Phi) is 4.79. The molecule has 0 fully saturated rings. The first-order valence-corrected chi connectivity index (χ1v) is 11.1. The molecule has 2 aromatic heterocycles. The highest BCUT2D eigenvalue weighted by Crippen LogP contribution is 2.41. The molecule has 0 aliphatic carbocycles. The van der Waals surface area contributed by atoms with Gasteiger partial charge in [0.1, 0.15) is 17.2 Å². The van der Waals surface area contributed by atoms with Crippen LogP contribution in [0.4, 0.5) is 17.2 Å². The highest BCUT2D eigenvalue weighted by Gasteiger charge is 2.31. The fourth-order valence-electron chi connectivity index (χ4n) is 3.91. The van der Waals surface area contributed by atoms with Crippen molar-refractivity contribution in [1.82, 2.24) is 9.97 Å². The molecular formula is C24H24N4OS. The predicted octanol–water partition coefficient (Wildman–Crippen LogP) is 5.80. The number of fused-ring (bicyclic) bond motifs is 2. The molecule has 0 unspecified atom stereocenters. The average Bonchev–Trinajstić information content (AvgIpc) is 3.34. The Morgan fingerprint density at radius 2 is 1.93 bits per heavy atom. The summed E-state index contributed by atoms with van der Waals surface area (Å²) in [6.45, 7) is 5.08. The third-order valence-corrected chi connectivity index (χ3v) is 6.06. The van der Waals surface area contributed by atoms with Crippen molar-refractivity contribution in [3.63, 3.8) is 0 Å². The SMILES string of the molecule is CC1(C)Cc2cccc(Nc3ccc4c(NCCc5nccs5)cccc4n3)c2O1. The van der Waals surface area contributed by atoms with Crippen molar-refractivity contribution >= 4 is 39.4 Å². The van der Waals surface area contributed by atoms with Crippen LogP contribution in [0.15, 0.2) is 60.1 Å². The van der Waals surface area contributed by atoms with Crippen molar-refractivity contribution in [2.45, 2.75) is 32.3 Å². The first-order chi connectivity index (χ1) is 14.6. The minimum atomic E-state index is -0.171. The number of rotatable bonds is 6. The lowest BCUT2D eigenvalue weighted by molar-refractivity contribution is 0.139. The molecule has 0 spiro atoms. The quantitative estimate of drug-likeness (QED) is 0.416. The molecule has 2 N–H and O–H groups in total. The molecule has 5 rings (SSSR count). The Balaban J connectivity index is 1.36. The van der Waals surface area contributed by atoms with Gasteiger partial charge in [0.25, 0.3) is 0 Å². The summed E-state index contributed by atoms with van der Waals surface area (Å²) in [4.78, 5) is 9.18. The Hall–Kier alpha value is -3.12. The summed E-state index contributed by atoms with van der Waals surface area (Å²) in [6, 6.07) is 16.6. The van der Waals surface area contributed by atoms with Crippen LogP contribution in [0.25, 0.3) is 10.9 Å². The number of nitrogens with one attached hydrogen (secondary N) is 2. The smallest absolute Gasteiger partial charge is 0.146 e. The summed E-state index contributed by atoms with van der Waals surface area (Å²) >= 11 is 1.69. The second kappa shape index (κ2) is 7.61. The standard InChI is InChI=1S/C24H24N4OS/c1-24(2)15-16-5-3-8-20(23(16)29-24)28-21-10-9-17-18(6-4-7-19(17)27-21)25-12-11-22-26-13-14-30-22/h3-10,13-14,25H,11-12,15H2,1-2H3,(H,27,28). The molecule has 4 aromatic rings. The summed E-state index contributed by atoms with van der Waals surface area (Å²) in [7, 11) is 0. The fraction of sp³-hybridized carbons (Fsp3) is 0.250. The Morgan fingerprint density at radius 3 is 2.80 bits per heavy atom. The van der Waals surface area contributed by atoms with Gasteiger partial charge in [-0.15, -0.1) is 11.3 Å². The van der Waals surface area contributed by atoms with E-state index in [4.69, 9.17) is 9.72 Å². The minimum Gasteiger partial charge on any atom is -0.485 e. The Labute approximate surface area is 180 Å². The van der Waals surface area contributed by atoms with Crippen LogP contribution in [0.1, 0.15) is 24.4 Å². The van der Waals surface area contributed by atoms with Crippen molar-refractivity contribution in [1.29, 1.82) is 0 Å². The third kappa shape index (κ3) is 3.83. The lowest BCUT2D eigenvalue weighted by atomic mass is 10.0. The molecule has 0 bridgehead atoms. The summed E-state index contributed by atoms with van der Waals surface area (Å²) in [5.74, 6) is 1.74. The lowest BCUT2D eigenvalue weighted by Gasteiger charge is -2.18. The zero-order chi connectivity index (χ0) is 20.6. The van der Waals surface area contributed by atoms with Gasteiger partial charge >= 0.3 is 0 Å². The zero-order valence-corrected chi connectivity index (χ0v) is 17.9. The second-order valence-electron chi connectivity index (χ2n) is 8.13. The van der Waals surface area contributed by atoms with E-state index in [0.29, 0.717) is 0 Å². The van der Waals surface area contributed by atoms with Crippen LogP contribution in [0.5, 0.6) is 5.75 Å². The number of benzene rings is 2. The number of ether oxygens (including phenoxy) is 1. The van der Waals surface area contributed by atoms with Gasteiger partial charge in [0.2, 0.25) is 0 Å². The summed E-state index contributed by atoms with van der Waals surface area (Å²) in [5, 5.41) is 11.2. The third-order valence-electron chi connectivity index (χ3n) is 5.22. The molecule has 1 aliphatic heterocycles. The molecule has 0 radical (unpaired) electrons. The van der Waals surface area contributed by atoms with E-state index in [0.717, 1.165) is 58.2 Å². The second-order valence-corrected chi connectivity index (χ2v) is 9.11. The van der Waals surface area contributed by atoms with Crippen LogP contribution in [0.2, 0.25) is 0 Å². The van der Waals surface area contributed by atoms with Gasteiger partial charge < -0.3 is 15.4 Å². The van der Waals surface area contributed by atoms with Gasteiger partial charge in [-0.2, -0.15) is 0 Å². The number of pyridine rings is 1. The van der Waals surface area contributed by atoms with E-state index in [1.165, 1.54) is 5.56 Å². The number of anilines is 3. The first kappa shape index (κ1) is 18.9. The first-order valence-electron chi connectivity index (χ1n) is 10.2. The zero-order valence-electron chi connectivity index (χ0n) is 17.1. The molecule has 6 heteroatoms. The summed E-state index contributed by atoms with van der Waals surface area (Å²) < 4.78 is 6.17. The number of hydrogen-bond acceptors (Lipinski definition) is 6. The molecule has 152 valence electrons. The van der Waals surface area contributed by atoms with Crippen molar-refractivity contribution < 1.29 is 4.74 Å². The van der Waals surface area contributed by atoms with Gasteiger partial charge in [-0.1, -0.05) is 18.2 Å². The van der Waals surface area contributed by atoms with Crippen molar-refractivity contribution in [3.8, 4) is 5.75 Å². The van der Waals surface area contributed by atoms with Gasteiger partial charge in [-0.3, -0.25) is 0 Å². The van der Waals surface area contributed by atoms with Gasteiger partial charge in [-0.05, 0) is 44.2 Å². The number of nitrogens with zero attached hydrogens (tertiary/aromatic N) is 2. The van der Waals surface area contributed by atoms with Gasteiger partial charge in [-0.25, -0.2) is 9.97 Å². The van der Waals surface area contributed by atoms with E-state index < -0.39 is 0 Å². The minimum absolute atomic E-state index is 0.171. The number of hydrogen-bond donors (Lipinski definition) is 2. The van der Waals surface area contributed by atoms with Crippen molar-refractivity contribution in [2.24, 2.45) is 0 Å². The van der Waals surface area contributed by atoms with Crippen molar-refractivity contribution in [2.75, 3.05) is 17.2 Å². The summed E-state index contributed by atoms with van der Waals surface area (Å²) in [5.41, 5.74) is 4.07. The van der Waals surface area contributed by atoms with Crippen LogP contribution < -0.4 is 15.4 Å². The van der Waals surface area contributed by atoms with Crippen LogP contribution in [0, 0.1) is 0 Å². The predicted molar refractivity (Wildman–Crippen MR) is 124 cm³/mol. The molecule has 0 saturated heterocycles. The van der Waals surface area contributed by atoms with Gasteiger partial charge in [0.05, 0.1) is 16.2 Å². The molecule has 0 amide bonds. The molecular weight excluding hydrogens is 392 g/mol. The summed E-state index contributed by atoms with van der Waals surface area (Å²) in [6.07, 6.45) is 3.68. The van der Waals surface area contributed by atoms with Crippen LogP contribution in [-0.4, -0.2) is 22.1 Å². The fourth-order valence-corrected chi connectivity index (χ4v) is 4.53. The highest BCUT2D eigenvalue weighted by atomic mass is 32.1. The topological polar surface area (TPSA) is 59.1 Å². The molecule has 30 heavy (non-hydrogen) atoms. The van der Waals surface area contributed by atoms with Crippen molar-refractivity contribution in [3.05, 3.63) is 70.7 Å². The Morgan fingerprint density at radius 1 is 1.07 bits per heavy atom. The lowest BCUT2D eigenvalue weighted by Crippen LogP contribution is -2.24. The molecule has 5 nitrogen and oxygen atoms in total. The van der Waals surface area contributed by atoms with Gasteiger partial charge in [0, 0.05) is 47.6 Å². The van der Waals surface area contributed by atoms with E-state index in [1.54, 1.807) is 11.3 Å². The van der Waals surface area contributed by atoms with Crippen LogP contribution in [0.3, 0.4) is 0 Å². The molecule has 1 aliphatic rings. The van der Waals surface area contributed by atoms with E-state index in [1.807, 2.05) is 35.8 Å². The van der Waals surface area contributed by atoms with E-state index in [2.05, 4.69) is 53.7 Å². The maximum atomic E-state index is 6.17. The van der Waals surface area contributed by atoms with E-state index in [-0.39, 0.29) is 5.60 Å². The molecule has 0 saturated carbocycles. The van der Waals surface area contributed by atoms with Gasteiger partial charge in [0.15, 0.2) is 0 Å². The van der Waals surface area contributed by atoms with Crippen LogP contribution >= 0.6 is 11.3 Å². The van der Waals surface area contributed by atoms with E-state index in [9.17, 15) is 0 Å². The maximum absolute atomic E-state index is 6.17. The monoisotopic (exact) mass is 416 g/mol. The highest BCUT2D eigenvalue weighted by molar-refractivity contribution is 7.09. The molecule has 2 aromatic carbocycles. The maximum Gasteiger partial charge on any atom is 0.146 e. The molecule has 0 atom stereocenters. The largest absolute Gasteiger partial charge is 0.485 e. The molecule has 3 heterocycles. The number of aromatic nitrogens is 2. The number of para-hydroxylation sites is 1. The van der Waals surface area contributed by atoms with Crippen LogP contribution in [-0.2, 0) is 12.8 Å². The average molecular weight is 417 g/mol. The van der Waals surface area contributed by atoms with E-state index >= 15 is 0 Å². The Bertz CT molecular complexity index is 1190. The number of thiazole rings is 1.